The molecule has 1 aromatic heterocycles. The van der Waals surface area contributed by atoms with Crippen LogP contribution in [0.3, 0.4) is 0 Å². The molecule has 2 aromatic rings. The molecule has 0 aliphatic carbocycles. The molecule has 1 fully saturated rings. The molecule has 152 valence electrons. The third kappa shape index (κ3) is 5.85. The van der Waals surface area contributed by atoms with E-state index in [1.165, 1.54) is 0 Å². The molecule has 1 aliphatic heterocycles. The van der Waals surface area contributed by atoms with Crippen molar-refractivity contribution in [3.8, 4) is 11.4 Å². The van der Waals surface area contributed by atoms with Gasteiger partial charge < -0.3 is 14.9 Å². The number of halogens is 3. The summed E-state index contributed by atoms with van der Waals surface area (Å²) in [4.78, 5) is 5.57. The summed E-state index contributed by atoms with van der Waals surface area (Å²) in [6, 6.07) is 7.00. The maximum Gasteiger partial charge on any atom is 0.471 e. The molecule has 0 amide bonds. The minimum atomic E-state index is -4.66. The number of aliphatic hydroxyl groups excluding tert-OH is 1. The lowest BCUT2D eigenvalue weighted by Crippen LogP contribution is -2.33. The third-order valence-electron chi connectivity index (χ3n) is 4.25. The Morgan fingerprint density at radius 2 is 2.11 bits per heavy atom. The second-order valence-electron chi connectivity index (χ2n) is 6.09. The fraction of sp³-hybridized carbons (Fsp3) is 0.500. The predicted molar refractivity (Wildman–Crippen MR) is 104 cm³/mol. The Hall–Kier alpha value is -1.27. The minimum absolute atomic E-state index is 0. The third-order valence-corrected chi connectivity index (χ3v) is 4.25. The average Bonchev–Trinajstić information content (AvgIpc) is 3.21. The molecular weight excluding hydrogens is 401 g/mol. The summed E-state index contributed by atoms with van der Waals surface area (Å²) in [6.07, 6.45) is -4.21. The SMILES string of the molecule is CN[C@H](CN1CC[C@H](O)C1)c1cccc(-c2noc(C(F)(F)F)n2)c1.S.S. The van der Waals surface area contributed by atoms with E-state index in [1.54, 1.807) is 18.2 Å². The van der Waals surface area contributed by atoms with Crippen LogP contribution in [-0.4, -0.2) is 52.9 Å². The van der Waals surface area contributed by atoms with Gasteiger partial charge in [0.1, 0.15) is 0 Å². The van der Waals surface area contributed by atoms with E-state index in [-0.39, 0.29) is 45.0 Å². The average molecular weight is 425 g/mol. The normalized spacial score (nSPS) is 18.6. The Kier molecular flexibility index (Phi) is 8.61. The van der Waals surface area contributed by atoms with Gasteiger partial charge in [-0.2, -0.15) is 45.1 Å². The van der Waals surface area contributed by atoms with Crippen LogP contribution in [0.1, 0.15) is 23.9 Å². The maximum absolute atomic E-state index is 12.6. The quantitative estimate of drug-likeness (QED) is 0.767. The Morgan fingerprint density at radius 1 is 1.37 bits per heavy atom. The van der Waals surface area contributed by atoms with E-state index in [4.69, 9.17) is 0 Å². The Labute approximate surface area is 169 Å². The standard InChI is InChI=1S/C16H19F3N4O2.2H2S/c1-20-13(9-23-6-5-12(24)8-23)10-3-2-4-11(7-10)14-21-15(25-22-14)16(17,18)19;;/h2-4,7,12-13,20,24H,5-6,8-9H2,1H3;2*1H2/t12-,13+;;/m0../s1. The Morgan fingerprint density at radius 3 is 2.67 bits per heavy atom. The van der Waals surface area contributed by atoms with Crippen molar-refractivity contribution in [3.63, 3.8) is 0 Å². The molecular formula is C16H23F3N4O2S2. The number of alkyl halides is 3. The van der Waals surface area contributed by atoms with Crippen molar-refractivity contribution in [2.24, 2.45) is 0 Å². The molecule has 0 radical (unpaired) electrons. The molecule has 3 rings (SSSR count). The van der Waals surface area contributed by atoms with E-state index in [0.717, 1.165) is 18.5 Å². The van der Waals surface area contributed by atoms with E-state index in [0.29, 0.717) is 18.7 Å². The van der Waals surface area contributed by atoms with Gasteiger partial charge in [0.05, 0.1) is 6.10 Å². The number of benzene rings is 1. The maximum atomic E-state index is 12.6. The highest BCUT2D eigenvalue weighted by Crippen LogP contribution is 2.30. The van der Waals surface area contributed by atoms with Crippen LogP contribution in [-0.2, 0) is 6.18 Å². The highest BCUT2D eigenvalue weighted by Gasteiger charge is 2.38. The molecule has 6 nitrogen and oxygen atoms in total. The Bertz CT molecular complexity index is 730. The lowest BCUT2D eigenvalue weighted by atomic mass is 10.0. The highest BCUT2D eigenvalue weighted by atomic mass is 32.1. The molecule has 0 unspecified atom stereocenters. The van der Waals surface area contributed by atoms with Crippen LogP contribution in [0.25, 0.3) is 11.4 Å². The molecule has 11 heteroatoms. The fourth-order valence-electron chi connectivity index (χ4n) is 2.95. The molecule has 2 heterocycles. The van der Waals surface area contributed by atoms with E-state index in [9.17, 15) is 18.3 Å². The monoisotopic (exact) mass is 424 g/mol. The van der Waals surface area contributed by atoms with E-state index < -0.39 is 12.1 Å². The summed E-state index contributed by atoms with van der Waals surface area (Å²) in [5, 5.41) is 16.3. The molecule has 2 N–H and O–H groups in total. The Balaban J connectivity index is 0.00000182. The van der Waals surface area contributed by atoms with Gasteiger partial charge in [-0.1, -0.05) is 23.4 Å². The van der Waals surface area contributed by atoms with Gasteiger partial charge in [-0.05, 0) is 25.1 Å². The molecule has 1 saturated heterocycles. The highest BCUT2D eigenvalue weighted by molar-refractivity contribution is 7.59. The molecule has 0 spiro atoms. The molecule has 0 saturated carbocycles. The fourth-order valence-corrected chi connectivity index (χ4v) is 2.95. The number of nitrogens with zero attached hydrogens (tertiary/aromatic N) is 3. The van der Waals surface area contributed by atoms with Crippen molar-refractivity contribution in [3.05, 3.63) is 35.7 Å². The van der Waals surface area contributed by atoms with Gasteiger partial charge in [0.15, 0.2) is 0 Å². The summed E-state index contributed by atoms with van der Waals surface area (Å²) in [7, 11) is 1.82. The van der Waals surface area contributed by atoms with Crippen molar-refractivity contribution in [2.45, 2.75) is 24.7 Å². The van der Waals surface area contributed by atoms with Gasteiger partial charge >= 0.3 is 12.1 Å². The van der Waals surface area contributed by atoms with Crippen LogP contribution in [0.2, 0.25) is 0 Å². The summed E-state index contributed by atoms with van der Waals surface area (Å²) in [5.41, 5.74) is 1.36. The number of likely N-dealkylation sites (N-methyl/N-ethyl adjacent to an activating group) is 1. The van der Waals surface area contributed by atoms with Crippen LogP contribution >= 0.6 is 27.0 Å². The van der Waals surface area contributed by atoms with Crippen molar-refractivity contribution in [1.82, 2.24) is 20.4 Å². The molecule has 1 aliphatic rings. The van der Waals surface area contributed by atoms with Crippen LogP contribution in [0.15, 0.2) is 28.8 Å². The second-order valence-corrected chi connectivity index (χ2v) is 6.09. The van der Waals surface area contributed by atoms with E-state index in [1.807, 2.05) is 13.1 Å². The number of β-amino-alcohol motifs (C(OH)–C–C–N with tert-alkyl or cyclic N) is 1. The molecule has 2 atom stereocenters. The summed E-state index contributed by atoms with van der Waals surface area (Å²) in [6.45, 7) is 2.13. The molecule has 1 aromatic carbocycles. The van der Waals surface area contributed by atoms with Gasteiger partial charge in [0.2, 0.25) is 5.82 Å². The van der Waals surface area contributed by atoms with Gasteiger partial charge in [0, 0.05) is 31.2 Å². The van der Waals surface area contributed by atoms with E-state index in [2.05, 4.69) is 24.9 Å². The van der Waals surface area contributed by atoms with Crippen molar-refractivity contribution >= 4 is 27.0 Å². The first-order valence-corrected chi connectivity index (χ1v) is 7.95. The zero-order valence-electron chi connectivity index (χ0n) is 14.6. The first-order chi connectivity index (χ1) is 11.9. The minimum Gasteiger partial charge on any atom is -0.392 e. The number of rotatable bonds is 5. The van der Waals surface area contributed by atoms with Gasteiger partial charge in [0.25, 0.3) is 0 Å². The smallest absolute Gasteiger partial charge is 0.392 e. The van der Waals surface area contributed by atoms with Crippen LogP contribution in [0.5, 0.6) is 0 Å². The molecule has 0 bridgehead atoms. The van der Waals surface area contributed by atoms with Crippen molar-refractivity contribution < 1.29 is 22.8 Å². The van der Waals surface area contributed by atoms with Crippen molar-refractivity contribution in [1.29, 1.82) is 0 Å². The zero-order chi connectivity index (χ0) is 18.0. The second kappa shape index (κ2) is 9.78. The number of aliphatic hydroxyl groups is 1. The lowest BCUT2D eigenvalue weighted by Gasteiger charge is -2.23. The first kappa shape index (κ1) is 23.8. The predicted octanol–water partition coefficient (Wildman–Crippen LogP) is 2.31. The van der Waals surface area contributed by atoms with E-state index >= 15 is 0 Å². The summed E-state index contributed by atoms with van der Waals surface area (Å²) in [5.74, 6) is -1.45. The first-order valence-electron chi connectivity index (χ1n) is 7.95. The number of hydrogen-bond acceptors (Lipinski definition) is 6. The lowest BCUT2D eigenvalue weighted by molar-refractivity contribution is -0.159. The van der Waals surface area contributed by atoms with Crippen LogP contribution in [0.4, 0.5) is 13.2 Å². The zero-order valence-corrected chi connectivity index (χ0v) is 16.6. The van der Waals surface area contributed by atoms with Crippen LogP contribution < -0.4 is 5.32 Å². The van der Waals surface area contributed by atoms with Gasteiger partial charge in [-0.25, -0.2) is 0 Å². The van der Waals surface area contributed by atoms with Gasteiger partial charge in [-0.15, -0.1) is 0 Å². The van der Waals surface area contributed by atoms with Crippen LogP contribution in [0, 0.1) is 0 Å². The summed E-state index contributed by atoms with van der Waals surface area (Å²) < 4.78 is 42.1. The number of hydrogen-bond donors (Lipinski definition) is 2. The number of nitrogens with one attached hydrogen (secondary N) is 1. The molecule has 27 heavy (non-hydrogen) atoms. The van der Waals surface area contributed by atoms with Crippen molar-refractivity contribution in [2.75, 3.05) is 26.7 Å². The summed E-state index contributed by atoms with van der Waals surface area (Å²) >= 11 is 0. The largest absolute Gasteiger partial charge is 0.471 e. The number of likely N-dealkylation sites (tertiary alicyclic amines) is 1. The van der Waals surface area contributed by atoms with Gasteiger partial charge in [-0.3, -0.25) is 4.90 Å². The number of aromatic nitrogens is 2. The topological polar surface area (TPSA) is 74.4 Å².